The average Bonchev–Trinajstić information content (AvgIpc) is 3.33. The Kier molecular flexibility index (Phi) is 4.28. The van der Waals surface area contributed by atoms with E-state index in [2.05, 4.69) is 40.1 Å². The lowest BCUT2D eigenvalue weighted by molar-refractivity contribution is -0.125. The molecule has 1 fully saturated rings. The van der Waals surface area contributed by atoms with E-state index in [9.17, 15) is 4.79 Å². The van der Waals surface area contributed by atoms with Crippen LogP contribution in [0.3, 0.4) is 0 Å². The van der Waals surface area contributed by atoms with E-state index in [0.29, 0.717) is 18.7 Å². The molecule has 3 aromatic heterocycles. The molecule has 3 N–H and O–H groups in total. The maximum Gasteiger partial charge on any atom is 0.224 e. The molecule has 1 saturated heterocycles. The van der Waals surface area contributed by atoms with Crippen LogP contribution in [0.5, 0.6) is 0 Å². The van der Waals surface area contributed by atoms with Crippen LogP contribution >= 0.6 is 0 Å². The van der Waals surface area contributed by atoms with Crippen molar-refractivity contribution < 1.29 is 4.79 Å². The van der Waals surface area contributed by atoms with Gasteiger partial charge in [-0.05, 0) is 12.8 Å². The number of piperidine rings is 1. The molecule has 9 nitrogen and oxygen atoms in total. The highest BCUT2D eigenvalue weighted by Crippen LogP contribution is 2.25. The van der Waals surface area contributed by atoms with Gasteiger partial charge in [0.15, 0.2) is 11.5 Å². The zero-order chi connectivity index (χ0) is 17.1. The molecule has 0 bridgehead atoms. The molecular formula is C16H20N8O. The molecular weight excluding hydrogens is 320 g/mol. The normalized spacial score (nSPS) is 17.8. The summed E-state index contributed by atoms with van der Waals surface area (Å²) in [5.74, 6) is 0.875. The van der Waals surface area contributed by atoms with Crippen molar-refractivity contribution in [2.24, 2.45) is 5.92 Å². The van der Waals surface area contributed by atoms with E-state index in [0.717, 1.165) is 42.8 Å². The first-order valence-electron chi connectivity index (χ1n) is 8.45. The van der Waals surface area contributed by atoms with Crippen molar-refractivity contribution in [2.45, 2.75) is 19.3 Å². The Labute approximate surface area is 144 Å². The van der Waals surface area contributed by atoms with Crippen LogP contribution in [-0.2, 0) is 11.2 Å². The van der Waals surface area contributed by atoms with Gasteiger partial charge in [0.25, 0.3) is 0 Å². The standard InChI is InChI=1S/C16H20N8O/c25-16(18-4-3-12-6-17-8-19-12)11-2-1-5-24(7-11)15-13-14(21-9-20-13)22-10-23-15/h6,8-11H,1-5,7H2,(H,17,19)(H,18,25)(H,20,21,22,23)/t11-/m0/s1. The van der Waals surface area contributed by atoms with Crippen LogP contribution in [0.15, 0.2) is 25.2 Å². The Hall–Kier alpha value is -2.97. The zero-order valence-electron chi connectivity index (χ0n) is 13.8. The molecule has 0 saturated carbocycles. The molecule has 0 aliphatic carbocycles. The minimum Gasteiger partial charge on any atom is -0.355 e. The van der Waals surface area contributed by atoms with Crippen molar-refractivity contribution in [3.63, 3.8) is 0 Å². The summed E-state index contributed by atoms with van der Waals surface area (Å²) in [5.41, 5.74) is 2.49. The first-order chi connectivity index (χ1) is 12.3. The van der Waals surface area contributed by atoms with E-state index in [1.807, 2.05) is 0 Å². The Morgan fingerprint density at radius 2 is 2.24 bits per heavy atom. The molecule has 1 atom stereocenters. The number of aromatic amines is 2. The van der Waals surface area contributed by atoms with E-state index in [-0.39, 0.29) is 11.8 Å². The number of hydrogen-bond acceptors (Lipinski definition) is 6. The molecule has 130 valence electrons. The highest BCUT2D eigenvalue weighted by molar-refractivity contribution is 5.84. The number of anilines is 1. The van der Waals surface area contributed by atoms with Crippen molar-refractivity contribution in [3.05, 3.63) is 30.9 Å². The summed E-state index contributed by atoms with van der Waals surface area (Å²) >= 11 is 0. The summed E-state index contributed by atoms with van der Waals surface area (Å²) in [7, 11) is 0. The van der Waals surface area contributed by atoms with Gasteiger partial charge in [-0.2, -0.15) is 0 Å². The minimum absolute atomic E-state index is 0.0385. The Morgan fingerprint density at radius 1 is 1.28 bits per heavy atom. The smallest absolute Gasteiger partial charge is 0.224 e. The Balaban J connectivity index is 1.38. The monoisotopic (exact) mass is 340 g/mol. The molecule has 4 rings (SSSR count). The summed E-state index contributed by atoms with van der Waals surface area (Å²) in [6, 6.07) is 0. The maximum absolute atomic E-state index is 12.5. The molecule has 4 heterocycles. The number of aromatic nitrogens is 6. The van der Waals surface area contributed by atoms with Crippen molar-refractivity contribution in [2.75, 3.05) is 24.5 Å². The number of rotatable bonds is 5. The number of fused-ring (bicyclic) bond motifs is 1. The summed E-state index contributed by atoms with van der Waals surface area (Å²) < 4.78 is 0. The van der Waals surface area contributed by atoms with Gasteiger partial charge in [-0.15, -0.1) is 0 Å². The third-order valence-corrected chi connectivity index (χ3v) is 4.54. The molecule has 0 radical (unpaired) electrons. The predicted molar refractivity (Wildman–Crippen MR) is 91.9 cm³/mol. The van der Waals surface area contributed by atoms with Crippen molar-refractivity contribution in [1.82, 2.24) is 35.2 Å². The Morgan fingerprint density at radius 3 is 3.12 bits per heavy atom. The van der Waals surface area contributed by atoms with Crippen LogP contribution in [-0.4, -0.2) is 55.4 Å². The number of imidazole rings is 2. The van der Waals surface area contributed by atoms with Gasteiger partial charge in [-0.1, -0.05) is 0 Å². The quantitative estimate of drug-likeness (QED) is 0.628. The van der Waals surface area contributed by atoms with Gasteiger partial charge in [0.05, 0.1) is 18.6 Å². The van der Waals surface area contributed by atoms with Gasteiger partial charge in [-0.25, -0.2) is 19.9 Å². The van der Waals surface area contributed by atoms with Crippen LogP contribution in [0, 0.1) is 5.92 Å². The number of nitrogens with zero attached hydrogens (tertiary/aromatic N) is 5. The van der Waals surface area contributed by atoms with Crippen LogP contribution < -0.4 is 10.2 Å². The molecule has 0 spiro atoms. The van der Waals surface area contributed by atoms with E-state index in [4.69, 9.17) is 0 Å². The second kappa shape index (κ2) is 6.88. The number of amides is 1. The van der Waals surface area contributed by atoms with Gasteiger partial charge < -0.3 is 20.2 Å². The van der Waals surface area contributed by atoms with E-state index < -0.39 is 0 Å². The first kappa shape index (κ1) is 15.6. The molecule has 1 aliphatic heterocycles. The largest absolute Gasteiger partial charge is 0.355 e. The lowest BCUT2D eigenvalue weighted by atomic mass is 9.97. The number of nitrogens with one attached hydrogen (secondary N) is 3. The first-order valence-corrected chi connectivity index (χ1v) is 8.45. The highest BCUT2D eigenvalue weighted by atomic mass is 16.1. The molecule has 0 unspecified atom stereocenters. The average molecular weight is 340 g/mol. The van der Waals surface area contributed by atoms with Gasteiger partial charge in [-0.3, -0.25) is 4.79 Å². The summed E-state index contributed by atoms with van der Waals surface area (Å²) in [6.07, 6.45) is 9.16. The number of carbonyl (C=O) groups excluding carboxylic acids is 1. The predicted octanol–water partition coefficient (Wildman–Crippen LogP) is 0.651. The zero-order valence-corrected chi connectivity index (χ0v) is 13.8. The maximum atomic E-state index is 12.5. The summed E-state index contributed by atoms with van der Waals surface area (Å²) in [6.45, 7) is 2.14. The van der Waals surface area contributed by atoms with Gasteiger partial charge in [0, 0.05) is 37.9 Å². The molecule has 3 aromatic rings. The van der Waals surface area contributed by atoms with Crippen LogP contribution in [0.2, 0.25) is 0 Å². The lowest BCUT2D eigenvalue weighted by Crippen LogP contribution is -2.44. The molecule has 1 aliphatic rings. The molecule has 25 heavy (non-hydrogen) atoms. The van der Waals surface area contributed by atoms with Crippen molar-refractivity contribution in [3.8, 4) is 0 Å². The fraction of sp³-hybridized carbons (Fsp3) is 0.438. The van der Waals surface area contributed by atoms with Gasteiger partial charge >= 0.3 is 0 Å². The van der Waals surface area contributed by atoms with Gasteiger partial charge in [0.2, 0.25) is 5.91 Å². The molecule has 0 aromatic carbocycles. The van der Waals surface area contributed by atoms with Crippen LogP contribution in [0.1, 0.15) is 18.5 Å². The second-order valence-electron chi connectivity index (χ2n) is 6.20. The number of H-pyrrole nitrogens is 2. The van der Waals surface area contributed by atoms with E-state index in [1.54, 1.807) is 18.9 Å². The topological polar surface area (TPSA) is 115 Å². The molecule has 1 amide bonds. The van der Waals surface area contributed by atoms with Gasteiger partial charge in [0.1, 0.15) is 11.8 Å². The fourth-order valence-electron chi connectivity index (χ4n) is 3.26. The summed E-state index contributed by atoms with van der Waals surface area (Å²) in [5, 5.41) is 3.03. The fourth-order valence-corrected chi connectivity index (χ4v) is 3.26. The van der Waals surface area contributed by atoms with Crippen LogP contribution in [0.4, 0.5) is 5.82 Å². The summed E-state index contributed by atoms with van der Waals surface area (Å²) in [4.78, 5) is 37.5. The number of carbonyl (C=O) groups is 1. The van der Waals surface area contributed by atoms with E-state index in [1.165, 1.54) is 6.33 Å². The molecule has 9 heteroatoms. The second-order valence-corrected chi connectivity index (χ2v) is 6.20. The third-order valence-electron chi connectivity index (χ3n) is 4.54. The van der Waals surface area contributed by atoms with Crippen molar-refractivity contribution >= 4 is 22.9 Å². The number of hydrogen-bond donors (Lipinski definition) is 3. The highest BCUT2D eigenvalue weighted by Gasteiger charge is 2.27. The lowest BCUT2D eigenvalue weighted by Gasteiger charge is -2.32. The van der Waals surface area contributed by atoms with Crippen LogP contribution in [0.25, 0.3) is 11.2 Å². The van der Waals surface area contributed by atoms with Crippen molar-refractivity contribution in [1.29, 1.82) is 0 Å². The van der Waals surface area contributed by atoms with E-state index >= 15 is 0 Å². The minimum atomic E-state index is -0.0385. The third kappa shape index (κ3) is 3.30. The Bertz CT molecular complexity index is 843. The SMILES string of the molecule is O=C(NCCc1cnc[nH]1)[C@H]1CCCN(c2ncnc3nc[nH]c23)C1.